The van der Waals surface area contributed by atoms with Crippen LogP contribution in [0.15, 0.2) is 18.3 Å². The number of amides is 2. The molecule has 1 aromatic heterocycles. The number of pyridine rings is 1. The van der Waals surface area contributed by atoms with Gasteiger partial charge in [-0.25, -0.2) is 9.78 Å². The van der Waals surface area contributed by atoms with Gasteiger partial charge in [0.25, 0.3) is 0 Å². The van der Waals surface area contributed by atoms with E-state index in [0.29, 0.717) is 5.69 Å². The zero-order valence-electron chi connectivity index (χ0n) is 12.6. The van der Waals surface area contributed by atoms with E-state index in [9.17, 15) is 9.90 Å². The van der Waals surface area contributed by atoms with Gasteiger partial charge in [0.2, 0.25) is 0 Å². The van der Waals surface area contributed by atoms with Crippen LogP contribution in [0.3, 0.4) is 0 Å². The maximum Gasteiger partial charge on any atom is 0.319 e. The number of hydrogen-bond donors (Lipinski definition) is 3. The van der Waals surface area contributed by atoms with Crippen molar-refractivity contribution in [2.75, 3.05) is 30.9 Å². The highest BCUT2D eigenvalue weighted by molar-refractivity contribution is 5.89. The SMILES string of the molecule is CCCC(C)(CO)NC(=O)Nc1ccc(N(C)C)nc1. The van der Waals surface area contributed by atoms with Crippen molar-refractivity contribution < 1.29 is 9.90 Å². The Kier molecular flexibility index (Phi) is 5.76. The van der Waals surface area contributed by atoms with Crippen molar-refractivity contribution in [3.05, 3.63) is 18.3 Å². The first-order valence-electron chi connectivity index (χ1n) is 6.73. The van der Waals surface area contributed by atoms with E-state index in [1.165, 1.54) is 0 Å². The zero-order chi connectivity index (χ0) is 15.2. The molecule has 0 saturated carbocycles. The monoisotopic (exact) mass is 280 g/mol. The van der Waals surface area contributed by atoms with Crippen LogP contribution in [0, 0.1) is 0 Å². The third-order valence-corrected chi connectivity index (χ3v) is 3.03. The molecule has 0 spiro atoms. The predicted molar refractivity (Wildman–Crippen MR) is 81.1 cm³/mol. The summed E-state index contributed by atoms with van der Waals surface area (Å²) in [6.07, 6.45) is 3.20. The van der Waals surface area contributed by atoms with Gasteiger partial charge in [-0.15, -0.1) is 0 Å². The van der Waals surface area contributed by atoms with Crippen molar-refractivity contribution in [3.63, 3.8) is 0 Å². The second-order valence-corrected chi connectivity index (χ2v) is 5.35. The molecule has 6 heteroatoms. The van der Waals surface area contributed by atoms with Crippen LogP contribution in [0.2, 0.25) is 0 Å². The molecular formula is C14H24N4O2. The highest BCUT2D eigenvalue weighted by Crippen LogP contribution is 2.14. The number of hydrogen-bond acceptors (Lipinski definition) is 4. The lowest BCUT2D eigenvalue weighted by Gasteiger charge is -2.28. The molecule has 6 nitrogen and oxygen atoms in total. The van der Waals surface area contributed by atoms with Crippen LogP contribution in [0.1, 0.15) is 26.7 Å². The van der Waals surface area contributed by atoms with Crippen molar-refractivity contribution in [3.8, 4) is 0 Å². The molecule has 1 heterocycles. The summed E-state index contributed by atoms with van der Waals surface area (Å²) in [6, 6.07) is 3.28. The molecule has 20 heavy (non-hydrogen) atoms. The number of carbonyl (C=O) groups excluding carboxylic acids is 1. The highest BCUT2D eigenvalue weighted by atomic mass is 16.3. The number of aliphatic hydroxyl groups is 1. The number of rotatable bonds is 6. The number of urea groups is 1. The van der Waals surface area contributed by atoms with E-state index in [1.54, 1.807) is 12.3 Å². The Morgan fingerprint density at radius 2 is 2.15 bits per heavy atom. The molecule has 0 saturated heterocycles. The van der Waals surface area contributed by atoms with Crippen LogP contribution in [0.5, 0.6) is 0 Å². The van der Waals surface area contributed by atoms with Crippen LogP contribution in [-0.2, 0) is 0 Å². The highest BCUT2D eigenvalue weighted by Gasteiger charge is 2.24. The number of carbonyl (C=O) groups is 1. The fraction of sp³-hybridized carbons (Fsp3) is 0.571. The van der Waals surface area contributed by atoms with Crippen molar-refractivity contribution in [2.45, 2.75) is 32.2 Å². The lowest BCUT2D eigenvalue weighted by atomic mass is 9.98. The van der Waals surface area contributed by atoms with Crippen LogP contribution in [0.4, 0.5) is 16.3 Å². The van der Waals surface area contributed by atoms with Crippen molar-refractivity contribution in [1.29, 1.82) is 0 Å². The Hall–Kier alpha value is -1.82. The smallest absolute Gasteiger partial charge is 0.319 e. The lowest BCUT2D eigenvalue weighted by Crippen LogP contribution is -2.50. The minimum Gasteiger partial charge on any atom is -0.394 e. The van der Waals surface area contributed by atoms with E-state index in [2.05, 4.69) is 15.6 Å². The zero-order valence-corrected chi connectivity index (χ0v) is 12.6. The van der Waals surface area contributed by atoms with Crippen molar-refractivity contribution in [1.82, 2.24) is 10.3 Å². The molecule has 1 unspecified atom stereocenters. The molecule has 112 valence electrons. The molecule has 1 aromatic rings. The number of aromatic nitrogens is 1. The van der Waals surface area contributed by atoms with Crippen LogP contribution in [-0.4, -0.2) is 42.4 Å². The third-order valence-electron chi connectivity index (χ3n) is 3.03. The molecular weight excluding hydrogens is 256 g/mol. The van der Waals surface area contributed by atoms with E-state index in [0.717, 1.165) is 18.7 Å². The minimum absolute atomic E-state index is 0.0912. The second kappa shape index (κ2) is 7.09. The van der Waals surface area contributed by atoms with Gasteiger partial charge in [0.05, 0.1) is 24.0 Å². The van der Waals surface area contributed by atoms with E-state index < -0.39 is 5.54 Å². The summed E-state index contributed by atoms with van der Waals surface area (Å²) in [4.78, 5) is 18.0. The third kappa shape index (κ3) is 4.70. The normalized spacial score (nSPS) is 13.4. The van der Waals surface area contributed by atoms with E-state index in [-0.39, 0.29) is 12.6 Å². The van der Waals surface area contributed by atoms with Crippen LogP contribution < -0.4 is 15.5 Å². The van der Waals surface area contributed by atoms with Gasteiger partial charge >= 0.3 is 6.03 Å². The molecule has 2 amide bonds. The summed E-state index contributed by atoms with van der Waals surface area (Å²) in [7, 11) is 3.80. The predicted octanol–water partition coefficient (Wildman–Crippen LogP) is 1.82. The van der Waals surface area contributed by atoms with Crippen molar-refractivity contribution >= 4 is 17.5 Å². The summed E-state index contributed by atoms with van der Waals surface area (Å²) in [5, 5.41) is 14.9. The second-order valence-electron chi connectivity index (χ2n) is 5.35. The Morgan fingerprint density at radius 3 is 2.60 bits per heavy atom. The molecule has 0 fully saturated rings. The van der Waals surface area contributed by atoms with E-state index in [4.69, 9.17) is 0 Å². The first kappa shape index (κ1) is 16.2. The molecule has 0 aliphatic heterocycles. The molecule has 3 N–H and O–H groups in total. The summed E-state index contributed by atoms with van der Waals surface area (Å²) in [5.41, 5.74) is 0.0143. The van der Waals surface area contributed by atoms with Gasteiger partial charge in [0.1, 0.15) is 5.82 Å². The van der Waals surface area contributed by atoms with Gasteiger partial charge in [-0.05, 0) is 25.5 Å². The average Bonchev–Trinajstić information content (AvgIpc) is 2.39. The van der Waals surface area contributed by atoms with Gasteiger partial charge in [-0.3, -0.25) is 0 Å². The maximum atomic E-state index is 11.9. The van der Waals surface area contributed by atoms with Gasteiger partial charge in [0.15, 0.2) is 0 Å². The standard InChI is InChI=1S/C14H24N4O2/c1-5-8-14(2,10-19)17-13(20)16-11-6-7-12(15-9-11)18(3)4/h6-7,9,19H,5,8,10H2,1-4H3,(H2,16,17,20). The van der Waals surface area contributed by atoms with Gasteiger partial charge in [-0.2, -0.15) is 0 Å². The lowest BCUT2D eigenvalue weighted by molar-refractivity contribution is 0.167. The number of anilines is 2. The summed E-state index contributed by atoms with van der Waals surface area (Å²) in [5.74, 6) is 0.821. The maximum absolute atomic E-state index is 11.9. The van der Waals surface area contributed by atoms with Crippen LogP contribution >= 0.6 is 0 Å². The van der Waals surface area contributed by atoms with E-state index in [1.807, 2.05) is 38.9 Å². The Bertz CT molecular complexity index is 433. The van der Waals surface area contributed by atoms with Gasteiger partial charge < -0.3 is 20.6 Å². The average molecular weight is 280 g/mol. The Balaban J connectivity index is 2.61. The molecule has 1 atom stereocenters. The topological polar surface area (TPSA) is 77.5 Å². The van der Waals surface area contributed by atoms with Gasteiger partial charge in [-0.1, -0.05) is 13.3 Å². The van der Waals surface area contributed by atoms with Crippen molar-refractivity contribution in [2.24, 2.45) is 0 Å². The molecule has 0 bridgehead atoms. The fourth-order valence-corrected chi connectivity index (χ4v) is 1.89. The van der Waals surface area contributed by atoms with Gasteiger partial charge in [0, 0.05) is 14.1 Å². The molecule has 0 radical (unpaired) electrons. The largest absolute Gasteiger partial charge is 0.394 e. The minimum atomic E-state index is -0.601. The van der Waals surface area contributed by atoms with Crippen LogP contribution in [0.25, 0.3) is 0 Å². The molecule has 0 aliphatic rings. The summed E-state index contributed by atoms with van der Waals surface area (Å²) >= 11 is 0. The summed E-state index contributed by atoms with van der Waals surface area (Å²) < 4.78 is 0. The number of aliphatic hydroxyl groups excluding tert-OH is 1. The first-order valence-corrected chi connectivity index (χ1v) is 6.73. The fourth-order valence-electron chi connectivity index (χ4n) is 1.89. The molecule has 1 rings (SSSR count). The first-order chi connectivity index (χ1) is 9.40. The number of nitrogens with zero attached hydrogens (tertiary/aromatic N) is 2. The summed E-state index contributed by atoms with van der Waals surface area (Å²) in [6.45, 7) is 3.74. The quantitative estimate of drug-likeness (QED) is 0.743. The molecule has 0 aromatic carbocycles. The Morgan fingerprint density at radius 1 is 1.45 bits per heavy atom. The molecule has 0 aliphatic carbocycles. The van der Waals surface area contributed by atoms with E-state index >= 15 is 0 Å². The number of nitrogens with one attached hydrogen (secondary N) is 2. The Labute approximate surface area is 120 Å².